The molecule has 0 aromatic heterocycles. The molecule has 2 aromatic carbocycles. The van der Waals surface area contributed by atoms with Gasteiger partial charge in [0.15, 0.2) is 6.61 Å². The van der Waals surface area contributed by atoms with Crippen LogP contribution in [0, 0.1) is 0 Å². The van der Waals surface area contributed by atoms with Crippen LogP contribution in [0.25, 0.3) is 0 Å². The van der Waals surface area contributed by atoms with Gasteiger partial charge in [0.05, 0.1) is 11.1 Å². The van der Waals surface area contributed by atoms with Crippen LogP contribution in [0.2, 0.25) is 0 Å². The standard InChI is InChI=1S/C20H20F3NO3/c1-19(2,3)13-8-10-14(11-9-13)24-17(25)12-27-18(26)15-6-4-5-7-16(15)20(21,22)23/h4-11H,12H2,1-3H3,(H,24,25). The number of hydrogen-bond acceptors (Lipinski definition) is 3. The summed E-state index contributed by atoms with van der Waals surface area (Å²) in [4.78, 5) is 23.8. The smallest absolute Gasteiger partial charge is 0.417 e. The number of carbonyl (C=O) groups is 2. The van der Waals surface area contributed by atoms with E-state index >= 15 is 0 Å². The van der Waals surface area contributed by atoms with Crippen LogP contribution >= 0.6 is 0 Å². The summed E-state index contributed by atoms with van der Waals surface area (Å²) < 4.78 is 43.5. The van der Waals surface area contributed by atoms with Gasteiger partial charge < -0.3 is 10.1 Å². The highest BCUT2D eigenvalue weighted by molar-refractivity contribution is 5.96. The molecule has 0 aliphatic rings. The van der Waals surface area contributed by atoms with E-state index in [9.17, 15) is 22.8 Å². The first-order chi connectivity index (χ1) is 12.5. The molecule has 0 radical (unpaired) electrons. The van der Waals surface area contributed by atoms with Crippen molar-refractivity contribution in [3.8, 4) is 0 Å². The molecule has 0 atom stereocenters. The summed E-state index contributed by atoms with van der Waals surface area (Å²) in [5.74, 6) is -1.85. The lowest BCUT2D eigenvalue weighted by molar-refractivity contribution is -0.138. The number of esters is 1. The van der Waals surface area contributed by atoms with Crippen LogP contribution in [0.4, 0.5) is 18.9 Å². The van der Waals surface area contributed by atoms with Crippen LogP contribution < -0.4 is 5.32 Å². The van der Waals surface area contributed by atoms with E-state index in [1.807, 2.05) is 12.1 Å². The number of alkyl halides is 3. The Morgan fingerprint density at radius 3 is 2.11 bits per heavy atom. The van der Waals surface area contributed by atoms with Gasteiger partial charge in [0.25, 0.3) is 5.91 Å². The van der Waals surface area contributed by atoms with Gasteiger partial charge in [-0.1, -0.05) is 45.0 Å². The summed E-state index contributed by atoms with van der Waals surface area (Å²) in [5, 5.41) is 2.53. The highest BCUT2D eigenvalue weighted by atomic mass is 19.4. The second-order valence-electron chi connectivity index (χ2n) is 7.00. The van der Waals surface area contributed by atoms with Crippen LogP contribution in [0.3, 0.4) is 0 Å². The Labute approximate surface area is 155 Å². The molecule has 144 valence electrons. The van der Waals surface area contributed by atoms with Crippen LogP contribution in [-0.4, -0.2) is 18.5 Å². The summed E-state index contributed by atoms with van der Waals surface area (Å²) in [7, 11) is 0. The lowest BCUT2D eigenvalue weighted by atomic mass is 9.87. The number of benzene rings is 2. The van der Waals surface area contributed by atoms with Gasteiger partial charge in [0, 0.05) is 5.69 Å². The molecule has 2 rings (SSSR count). The summed E-state index contributed by atoms with van der Waals surface area (Å²) >= 11 is 0. The molecule has 1 N–H and O–H groups in total. The van der Waals surface area contributed by atoms with Crippen molar-refractivity contribution in [3.63, 3.8) is 0 Å². The molecule has 27 heavy (non-hydrogen) atoms. The number of anilines is 1. The fourth-order valence-electron chi connectivity index (χ4n) is 2.37. The van der Waals surface area contributed by atoms with E-state index in [1.165, 1.54) is 12.1 Å². The van der Waals surface area contributed by atoms with E-state index in [-0.39, 0.29) is 5.41 Å². The molecular formula is C20H20F3NO3. The number of rotatable bonds is 4. The van der Waals surface area contributed by atoms with Crippen molar-refractivity contribution in [3.05, 3.63) is 65.2 Å². The third-order valence-corrected chi connectivity index (χ3v) is 3.82. The number of amides is 1. The van der Waals surface area contributed by atoms with Crippen molar-refractivity contribution < 1.29 is 27.5 Å². The zero-order valence-corrected chi connectivity index (χ0v) is 15.2. The topological polar surface area (TPSA) is 55.4 Å². The zero-order chi connectivity index (χ0) is 20.2. The summed E-state index contributed by atoms with van der Waals surface area (Å²) in [6.45, 7) is 5.47. The first kappa shape index (κ1) is 20.5. The molecule has 0 bridgehead atoms. The van der Waals surface area contributed by atoms with Crippen LogP contribution in [0.1, 0.15) is 42.3 Å². The molecule has 0 saturated carbocycles. The number of nitrogens with one attached hydrogen (secondary N) is 1. The summed E-state index contributed by atoms with van der Waals surface area (Å²) in [5.41, 5.74) is -0.194. The number of ether oxygens (including phenoxy) is 1. The molecule has 7 heteroatoms. The Hall–Kier alpha value is -2.83. The van der Waals surface area contributed by atoms with Gasteiger partial charge in [-0.15, -0.1) is 0 Å². The largest absolute Gasteiger partial charge is 0.452 e. The molecule has 1 amide bonds. The Morgan fingerprint density at radius 2 is 1.56 bits per heavy atom. The average Bonchev–Trinajstić information content (AvgIpc) is 2.58. The predicted molar refractivity (Wildman–Crippen MR) is 95.5 cm³/mol. The molecule has 0 aliphatic heterocycles. The quantitative estimate of drug-likeness (QED) is 0.777. The third kappa shape index (κ3) is 5.57. The van der Waals surface area contributed by atoms with Crippen molar-refractivity contribution in [2.24, 2.45) is 0 Å². The van der Waals surface area contributed by atoms with Gasteiger partial charge in [-0.25, -0.2) is 4.79 Å². The molecule has 0 aliphatic carbocycles. The van der Waals surface area contributed by atoms with Gasteiger partial charge >= 0.3 is 12.1 Å². The van der Waals surface area contributed by atoms with Crippen molar-refractivity contribution in [2.75, 3.05) is 11.9 Å². The average molecular weight is 379 g/mol. The Morgan fingerprint density at radius 1 is 0.963 bits per heavy atom. The van der Waals surface area contributed by atoms with Crippen molar-refractivity contribution >= 4 is 17.6 Å². The minimum absolute atomic E-state index is 0.0378. The van der Waals surface area contributed by atoms with Gasteiger partial charge in [-0.05, 0) is 35.2 Å². The highest BCUT2D eigenvalue weighted by Gasteiger charge is 2.35. The summed E-state index contributed by atoms with van der Waals surface area (Å²) in [6.07, 6.45) is -4.69. The molecule has 0 saturated heterocycles. The highest BCUT2D eigenvalue weighted by Crippen LogP contribution is 2.32. The molecule has 4 nitrogen and oxygen atoms in total. The van der Waals surface area contributed by atoms with Crippen molar-refractivity contribution in [1.29, 1.82) is 0 Å². The van der Waals surface area contributed by atoms with E-state index in [0.29, 0.717) is 5.69 Å². The predicted octanol–water partition coefficient (Wildman–Crippen LogP) is 4.80. The van der Waals surface area contributed by atoms with Crippen molar-refractivity contribution in [2.45, 2.75) is 32.4 Å². The van der Waals surface area contributed by atoms with Gasteiger partial charge in [-0.2, -0.15) is 13.2 Å². The van der Waals surface area contributed by atoms with Crippen LogP contribution in [0.15, 0.2) is 48.5 Å². The molecule has 0 fully saturated rings. The van der Waals surface area contributed by atoms with E-state index in [4.69, 9.17) is 4.74 Å². The zero-order valence-electron chi connectivity index (χ0n) is 15.2. The lowest BCUT2D eigenvalue weighted by Gasteiger charge is -2.19. The monoisotopic (exact) mass is 379 g/mol. The minimum Gasteiger partial charge on any atom is -0.452 e. The second-order valence-corrected chi connectivity index (χ2v) is 7.00. The SMILES string of the molecule is CC(C)(C)c1ccc(NC(=O)COC(=O)c2ccccc2C(F)(F)F)cc1. The maximum atomic E-state index is 12.9. The van der Waals surface area contributed by atoms with Gasteiger partial charge in [0.1, 0.15) is 0 Å². The molecule has 0 heterocycles. The molecule has 2 aromatic rings. The van der Waals surface area contributed by atoms with E-state index in [0.717, 1.165) is 17.7 Å². The van der Waals surface area contributed by atoms with Crippen LogP contribution in [-0.2, 0) is 21.1 Å². The Bertz CT molecular complexity index is 822. The number of halogens is 3. The first-order valence-corrected chi connectivity index (χ1v) is 8.22. The first-order valence-electron chi connectivity index (χ1n) is 8.22. The van der Waals surface area contributed by atoms with Gasteiger partial charge in [-0.3, -0.25) is 4.79 Å². The lowest BCUT2D eigenvalue weighted by Crippen LogP contribution is -2.22. The number of carbonyl (C=O) groups excluding carboxylic acids is 2. The van der Waals surface area contributed by atoms with E-state index in [1.54, 1.807) is 12.1 Å². The molecule has 0 spiro atoms. The molecule has 0 unspecified atom stereocenters. The minimum atomic E-state index is -4.69. The third-order valence-electron chi connectivity index (χ3n) is 3.82. The second kappa shape index (κ2) is 7.82. The summed E-state index contributed by atoms with van der Waals surface area (Å²) in [6, 6.07) is 11.4. The maximum absolute atomic E-state index is 12.9. The molecular weight excluding hydrogens is 359 g/mol. The van der Waals surface area contributed by atoms with E-state index < -0.39 is 35.8 Å². The normalized spacial score (nSPS) is 11.8. The fourth-order valence-corrected chi connectivity index (χ4v) is 2.37. The Balaban J connectivity index is 1.97. The van der Waals surface area contributed by atoms with Gasteiger partial charge in [0.2, 0.25) is 0 Å². The van der Waals surface area contributed by atoms with Crippen LogP contribution in [0.5, 0.6) is 0 Å². The Kier molecular flexibility index (Phi) is 5.93. The number of hydrogen-bond donors (Lipinski definition) is 1. The van der Waals surface area contributed by atoms with E-state index in [2.05, 4.69) is 26.1 Å². The van der Waals surface area contributed by atoms with Crippen molar-refractivity contribution in [1.82, 2.24) is 0 Å². The fraction of sp³-hybridized carbons (Fsp3) is 0.300. The maximum Gasteiger partial charge on any atom is 0.417 e.